The third-order valence-corrected chi connectivity index (χ3v) is 5.56. The van der Waals surface area contributed by atoms with Gasteiger partial charge in [0.2, 0.25) is 5.91 Å². The second-order valence-electron chi connectivity index (χ2n) is 6.80. The second-order valence-corrected chi connectivity index (χ2v) is 8.04. The number of benzene rings is 3. The lowest BCUT2D eigenvalue weighted by atomic mass is 10.0. The van der Waals surface area contributed by atoms with Gasteiger partial charge in [0.05, 0.1) is 11.0 Å². The number of fused-ring (bicyclic) bond motifs is 3. The van der Waals surface area contributed by atoms with Crippen molar-refractivity contribution in [2.24, 2.45) is 5.73 Å². The van der Waals surface area contributed by atoms with Crippen molar-refractivity contribution in [2.45, 2.75) is 26.3 Å². The van der Waals surface area contributed by atoms with Crippen LogP contribution in [0.5, 0.6) is 0 Å². The molecule has 3 aromatic carbocycles. The highest BCUT2D eigenvalue weighted by atomic mass is 127. The maximum absolute atomic E-state index is 12.0. The van der Waals surface area contributed by atoms with Crippen LogP contribution in [0.3, 0.4) is 0 Å². The van der Waals surface area contributed by atoms with E-state index >= 15 is 0 Å². The highest BCUT2D eigenvalue weighted by Gasteiger charge is 2.17. The Morgan fingerprint density at radius 1 is 1.11 bits per heavy atom. The third-order valence-electron chi connectivity index (χ3n) is 4.89. The van der Waals surface area contributed by atoms with Gasteiger partial charge in [0.25, 0.3) is 0 Å². The third kappa shape index (κ3) is 3.34. The Kier molecular flexibility index (Phi) is 4.91. The van der Waals surface area contributed by atoms with Gasteiger partial charge >= 0.3 is 0 Å². The van der Waals surface area contributed by atoms with E-state index in [-0.39, 0.29) is 0 Å². The van der Waals surface area contributed by atoms with Gasteiger partial charge in [-0.3, -0.25) is 4.79 Å². The number of hydrogen-bond acceptors (Lipinski definition) is 1. The topological polar surface area (TPSA) is 48.0 Å². The molecule has 1 aromatic heterocycles. The summed E-state index contributed by atoms with van der Waals surface area (Å²) in [6, 6.07) is 22.0. The summed E-state index contributed by atoms with van der Waals surface area (Å²) in [6.07, 6.45) is 2.10. The highest BCUT2D eigenvalue weighted by molar-refractivity contribution is 14.1. The highest BCUT2D eigenvalue weighted by Crippen LogP contribution is 2.33. The number of carbonyl (C=O) groups excluding carboxylic acids is 1. The molecule has 0 unspecified atom stereocenters. The Morgan fingerprint density at radius 3 is 2.67 bits per heavy atom. The lowest BCUT2D eigenvalue weighted by Crippen LogP contribution is -2.11. The first-order valence-corrected chi connectivity index (χ1v) is 10.2. The molecule has 1 radical (unpaired) electrons. The zero-order valence-corrected chi connectivity index (χ0v) is 17.3. The van der Waals surface area contributed by atoms with Crippen molar-refractivity contribution in [1.29, 1.82) is 0 Å². The Bertz CT molecular complexity index is 1160. The minimum absolute atomic E-state index is 0.403. The van der Waals surface area contributed by atoms with Crippen molar-refractivity contribution in [3.05, 3.63) is 80.9 Å². The number of nitrogens with two attached hydrogens (primary N) is 1. The summed E-state index contributed by atoms with van der Waals surface area (Å²) in [6.45, 7) is 2.92. The van der Waals surface area contributed by atoms with E-state index in [1.165, 1.54) is 14.7 Å². The van der Waals surface area contributed by atoms with Crippen molar-refractivity contribution in [1.82, 2.24) is 4.57 Å². The standard InChI is InChI=1S/C23H20IN2O/c1-2-5-15-10-11-18-21(13-15)26(14-16-6-3-7-17(24)12-16)20-9-4-8-19(22(18)20)23(25)27/h3-4,6-10,12-13H,2,5,14H2,1H3,(H2,25,27). The summed E-state index contributed by atoms with van der Waals surface area (Å²) in [5, 5.41) is 1.86. The zero-order valence-electron chi connectivity index (χ0n) is 15.1. The molecule has 0 bridgehead atoms. The van der Waals surface area contributed by atoms with Gasteiger partial charge in [0.15, 0.2) is 0 Å². The van der Waals surface area contributed by atoms with Gasteiger partial charge in [0.1, 0.15) is 0 Å². The first-order valence-electron chi connectivity index (χ1n) is 9.08. The van der Waals surface area contributed by atoms with Gasteiger partial charge in [-0.15, -0.1) is 0 Å². The largest absolute Gasteiger partial charge is 0.366 e. The van der Waals surface area contributed by atoms with E-state index in [1.54, 1.807) is 6.07 Å². The van der Waals surface area contributed by atoms with Gasteiger partial charge in [-0.05, 0) is 76.5 Å². The molecule has 0 saturated heterocycles. The molecule has 2 N–H and O–H groups in total. The SMILES string of the molecule is CCCc1c[c]c2c3c(C(N)=O)cccc3n(Cc3cccc(I)c3)c2c1. The normalized spacial score (nSPS) is 11.3. The zero-order chi connectivity index (χ0) is 19.0. The Hall–Kier alpha value is -2.34. The molecular formula is C23H20IN2O. The first kappa shape index (κ1) is 18.0. The summed E-state index contributed by atoms with van der Waals surface area (Å²) in [7, 11) is 0. The number of amides is 1. The Balaban J connectivity index is 2.02. The molecule has 0 aliphatic carbocycles. The van der Waals surface area contributed by atoms with Crippen molar-refractivity contribution in [2.75, 3.05) is 0 Å². The Labute approximate surface area is 172 Å². The molecule has 4 heteroatoms. The van der Waals surface area contributed by atoms with E-state index in [1.807, 2.05) is 12.1 Å². The molecular weight excluding hydrogens is 447 g/mol. The second kappa shape index (κ2) is 7.35. The van der Waals surface area contributed by atoms with Crippen molar-refractivity contribution < 1.29 is 4.79 Å². The summed E-state index contributed by atoms with van der Waals surface area (Å²) in [5.74, 6) is -0.403. The monoisotopic (exact) mass is 467 g/mol. The lowest BCUT2D eigenvalue weighted by Gasteiger charge is -2.09. The molecule has 4 aromatic rings. The number of halogens is 1. The van der Waals surface area contributed by atoms with Crippen LogP contribution in [0.4, 0.5) is 0 Å². The Morgan fingerprint density at radius 2 is 1.93 bits per heavy atom. The molecule has 0 aliphatic rings. The molecule has 0 spiro atoms. The maximum Gasteiger partial charge on any atom is 0.249 e. The van der Waals surface area contributed by atoms with Crippen LogP contribution in [0.1, 0.15) is 34.8 Å². The van der Waals surface area contributed by atoms with Crippen LogP contribution >= 0.6 is 22.6 Å². The van der Waals surface area contributed by atoms with Gasteiger partial charge in [-0.1, -0.05) is 37.6 Å². The van der Waals surface area contributed by atoms with E-state index in [4.69, 9.17) is 5.73 Å². The number of carbonyl (C=O) groups is 1. The minimum Gasteiger partial charge on any atom is -0.366 e. The van der Waals surface area contributed by atoms with Crippen LogP contribution < -0.4 is 5.73 Å². The average Bonchev–Trinajstić information content (AvgIpc) is 2.95. The van der Waals surface area contributed by atoms with Crippen molar-refractivity contribution >= 4 is 50.3 Å². The fourth-order valence-corrected chi connectivity index (χ4v) is 4.33. The van der Waals surface area contributed by atoms with Crippen LogP contribution in [-0.2, 0) is 13.0 Å². The molecule has 0 atom stereocenters. The molecule has 27 heavy (non-hydrogen) atoms. The minimum atomic E-state index is -0.403. The molecule has 1 amide bonds. The fourth-order valence-electron chi connectivity index (χ4n) is 3.73. The average molecular weight is 467 g/mol. The summed E-state index contributed by atoms with van der Waals surface area (Å²) in [4.78, 5) is 12.0. The molecule has 3 nitrogen and oxygen atoms in total. The number of aryl methyl sites for hydroxylation is 1. The quantitative estimate of drug-likeness (QED) is 0.398. The van der Waals surface area contributed by atoms with Crippen LogP contribution in [0.25, 0.3) is 21.8 Å². The molecule has 0 aliphatic heterocycles. The number of aromatic nitrogens is 1. The van der Waals surface area contributed by atoms with Crippen LogP contribution in [0.2, 0.25) is 0 Å². The maximum atomic E-state index is 12.0. The first-order chi connectivity index (χ1) is 13.1. The van der Waals surface area contributed by atoms with Gasteiger partial charge < -0.3 is 10.3 Å². The smallest absolute Gasteiger partial charge is 0.249 e. The van der Waals surface area contributed by atoms with E-state index in [2.05, 4.69) is 76.5 Å². The van der Waals surface area contributed by atoms with Gasteiger partial charge in [-0.25, -0.2) is 0 Å². The predicted molar refractivity (Wildman–Crippen MR) is 119 cm³/mol. The molecule has 0 saturated carbocycles. The number of nitrogens with zero attached hydrogens (tertiary/aromatic N) is 1. The summed E-state index contributed by atoms with van der Waals surface area (Å²) >= 11 is 2.34. The predicted octanol–water partition coefficient (Wildman–Crippen LogP) is 5.30. The van der Waals surface area contributed by atoms with Crippen LogP contribution in [0.15, 0.2) is 54.6 Å². The summed E-state index contributed by atoms with van der Waals surface area (Å²) in [5.41, 5.74) is 10.8. The fraction of sp³-hybridized carbons (Fsp3) is 0.174. The summed E-state index contributed by atoms with van der Waals surface area (Å²) < 4.78 is 3.49. The van der Waals surface area contributed by atoms with E-state index in [0.717, 1.165) is 41.2 Å². The van der Waals surface area contributed by atoms with E-state index in [9.17, 15) is 4.79 Å². The van der Waals surface area contributed by atoms with Crippen molar-refractivity contribution in [3.8, 4) is 0 Å². The molecule has 4 rings (SSSR count). The number of primary amides is 1. The van der Waals surface area contributed by atoms with Gasteiger partial charge in [0, 0.05) is 26.5 Å². The molecule has 0 fully saturated rings. The molecule has 1 heterocycles. The van der Waals surface area contributed by atoms with Gasteiger partial charge in [-0.2, -0.15) is 0 Å². The van der Waals surface area contributed by atoms with E-state index in [0.29, 0.717) is 5.56 Å². The van der Waals surface area contributed by atoms with Crippen LogP contribution in [-0.4, -0.2) is 10.5 Å². The number of hydrogen-bond donors (Lipinski definition) is 1. The lowest BCUT2D eigenvalue weighted by molar-refractivity contribution is 0.100. The van der Waals surface area contributed by atoms with Crippen LogP contribution in [0, 0.1) is 9.64 Å². The van der Waals surface area contributed by atoms with Crippen molar-refractivity contribution in [3.63, 3.8) is 0 Å². The number of rotatable bonds is 5. The van der Waals surface area contributed by atoms with E-state index < -0.39 is 5.91 Å². The molecule has 135 valence electrons.